The van der Waals surface area contributed by atoms with Gasteiger partial charge in [0.25, 0.3) is 5.91 Å². The van der Waals surface area contributed by atoms with E-state index in [1.807, 2.05) is 19.1 Å². The molecule has 0 unspecified atom stereocenters. The van der Waals surface area contributed by atoms with Crippen LogP contribution in [0.25, 0.3) is 0 Å². The van der Waals surface area contributed by atoms with Gasteiger partial charge < -0.3 is 24.3 Å². The first-order valence-electron chi connectivity index (χ1n) is 9.46. The van der Waals surface area contributed by atoms with Crippen molar-refractivity contribution in [1.82, 2.24) is 4.98 Å². The first-order chi connectivity index (χ1) is 14.6. The Bertz CT molecular complexity index is 992. The molecule has 1 N–H and O–H groups in total. The molecule has 2 aromatic carbocycles. The molecule has 0 saturated heterocycles. The number of benzene rings is 2. The van der Waals surface area contributed by atoms with Crippen molar-refractivity contribution in [2.75, 3.05) is 26.1 Å². The van der Waals surface area contributed by atoms with Crippen molar-refractivity contribution in [2.24, 2.45) is 0 Å². The van der Waals surface area contributed by atoms with Crippen molar-refractivity contribution in [3.63, 3.8) is 0 Å². The van der Waals surface area contributed by atoms with Crippen LogP contribution in [0.5, 0.6) is 23.0 Å². The number of hydrogen-bond acceptors (Lipinski definition) is 6. The SMILES string of the molecule is CCOc1cc(C(=O)Nc2ccc(OC)cc2OC)ccc1OCc1ccncc1. The molecule has 0 bridgehead atoms. The van der Waals surface area contributed by atoms with Gasteiger partial charge in [-0.05, 0) is 55.0 Å². The van der Waals surface area contributed by atoms with E-state index in [0.717, 1.165) is 5.56 Å². The third-order valence-electron chi connectivity index (χ3n) is 4.31. The number of methoxy groups -OCH3 is 2. The topological polar surface area (TPSA) is 78.9 Å². The van der Waals surface area contributed by atoms with Crippen LogP contribution in [0.1, 0.15) is 22.8 Å². The Morgan fingerprint density at radius 3 is 2.40 bits per heavy atom. The fourth-order valence-electron chi connectivity index (χ4n) is 2.77. The Balaban J connectivity index is 1.77. The highest BCUT2D eigenvalue weighted by Crippen LogP contribution is 2.32. The number of carbonyl (C=O) groups is 1. The Labute approximate surface area is 175 Å². The largest absolute Gasteiger partial charge is 0.497 e. The minimum atomic E-state index is -0.292. The van der Waals surface area contributed by atoms with Gasteiger partial charge in [0.05, 0.1) is 26.5 Å². The van der Waals surface area contributed by atoms with Crippen LogP contribution in [0.2, 0.25) is 0 Å². The number of amides is 1. The van der Waals surface area contributed by atoms with E-state index in [-0.39, 0.29) is 5.91 Å². The van der Waals surface area contributed by atoms with Crippen molar-refractivity contribution in [3.8, 4) is 23.0 Å². The standard InChI is InChI=1S/C23H24N2O5/c1-4-29-22-13-17(5-8-20(22)30-15-16-9-11-24-12-10-16)23(26)25-19-7-6-18(27-2)14-21(19)28-3/h5-14H,4,15H2,1-3H3,(H,25,26). The van der Waals surface area contributed by atoms with E-state index in [9.17, 15) is 4.79 Å². The summed E-state index contributed by atoms with van der Waals surface area (Å²) >= 11 is 0. The number of anilines is 1. The van der Waals surface area contributed by atoms with Crippen LogP contribution in [0.3, 0.4) is 0 Å². The zero-order valence-electron chi connectivity index (χ0n) is 17.2. The molecular weight excluding hydrogens is 384 g/mol. The summed E-state index contributed by atoms with van der Waals surface area (Å²) in [4.78, 5) is 16.8. The van der Waals surface area contributed by atoms with Gasteiger partial charge in [-0.15, -0.1) is 0 Å². The maximum atomic E-state index is 12.8. The molecule has 1 amide bonds. The average Bonchev–Trinajstić information content (AvgIpc) is 2.79. The average molecular weight is 408 g/mol. The maximum absolute atomic E-state index is 12.8. The number of rotatable bonds is 9. The molecule has 1 aromatic heterocycles. The molecule has 156 valence electrons. The monoisotopic (exact) mass is 408 g/mol. The Hall–Kier alpha value is -3.74. The van der Waals surface area contributed by atoms with E-state index in [2.05, 4.69) is 10.3 Å². The van der Waals surface area contributed by atoms with Gasteiger partial charge in [-0.3, -0.25) is 9.78 Å². The van der Waals surface area contributed by atoms with E-state index in [1.54, 1.807) is 55.9 Å². The van der Waals surface area contributed by atoms with Crippen LogP contribution in [-0.4, -0.2) is 31.7 Å². The minimum absolute atomic E-state index is 0.292. The van der Waals surface area contributed by atoms with Gasteiger partial charge in [-0.2, -0.15) is 0 Å². The van der Waals surface area contributed by atoms with E-state index in [0.29, 0.717) is 47.5 Å². The van der Waals surface area contributed by atoms with Crippen LogP contribution in [-0.2, 0) is 6.61 Å². The summed E-state index contributed by atoms with van der Waals surface area (Å²) in [7, 11) is 3.10. The lowest BCUT2D eigenvalue weighted by Crippen LogP contribution is -2.13. The molecule has 0 aliphatic heterocycles. The smallest absolute Gasteiger partial charge is 0.255 e. The van der Waals surface area contributed by atoms with Crippen molar-refractivity contribution >= 4 is 11.6 Å². The van der Waals surface area contributed by atoms with Crippen LogP contribution in [0.15, 0.2) is 60.9 Å². The normalized spacial score (nSPS) is 10.2. The molecule has 0 fully saturated rings. The van der Waals surface area contributed by atoms with Crippen LogP contribution in [0.4, 0.5) is 5.69 Å². The Morgan fingerprint density at radius 1 is 0.900 bits per heavy atom. The number of nitrogens with one attached hydrogen (secondary N) is 1. The number of nitrogens with zero attached hydrogens (tertiary/aromatic N) is 1. The van der Waals surface area contributed by atoms with Gasteiger partial charge in [-0.1, -0.05) is 0 Å². The minimum Gasteiger partial charge on any atom is -0.497 e. The van der Waals surface area contributed by atoms with Gasteiger partial charge >= 0.3 is 0 Å². The zero-order chi connectivity index (χ0) is 21.3. The quantitative estimate of drug-likeness (QED) is 0.568. The summed E-state index contributed by atoms with van der Waals surface area (Å²) in [6.07, 6.45) is 3.42. The lowest BCUT2D eigenvalue weighted by Gasteiger charge is -2.14. The van der Waals surface area contributed by atoms with E-state index in [4.69, 9.17) is 18.9 Å². The second-order valence-corrected chi connectivity index (χ2v) is 6.26. The third kappa shape index (κ3) is 5.20. The van der Waals surface area contributed by atoms with Gasteiger partial charge in [0, 0.05) is 24.0 Å². The molecule has 3 aromatic rings. The van der Waals surface area contributed by atoms with Crippen LogP contribution < -0.4 is 24.3 Å². The molecule has 0 radical (unpaired) electrons. The van der Waals surface area contributed by atoms with Gasteiger partial charge in [0.1, 0.15) is 18.1 Å². The molecule has 7 heteroatoms. The first kappa shape index (κ1) is 21.0. The predicted octanol–water partition coefficient (Wildman–Crippen LogP) is 4.33. The van der Waals surface area contributed by atoms with E-state index >= 15 is 0 Å². The number of pyridine rings is 1. The maximum Gasteiger partial charge on any atom is 0.255 e. The molecule has 3 rings (SSSR count). The molecule has 30 heavy (non-hydrogen) atoms. The molecule has 0 aliphatic rings. The molecule has 0 saturated carbocycles. The van der Waals surface area contributed by atoms with Crippen molar-refractivity contribution in [2.45, 2.75) is 13.5 Å². The highest BCUT2D eigenvalue weighted by atomic mass is 16.5. The number of hydrogen-bond donors (Lipinski definition) is 1. The molecule has 7 nitrogen and oxygen atoms in total. The molecule has 0 aliphatic carbocycles. The summed E-state index contributed by atoms with van der Waals surface area (Å²) in [6, 6.07) is 14.0. The second-order valence-electron chi connectivity index (χ2n) is 6.26. The summed E-state index contributed by atoms with van der Waals surface area (Å²) in [5, 5.41) is 2.85. The summed E-state index contributed by atoms with van der Waals surface area (Å²) in [5.74, 6) is 1.91. The van der Waals surface area contributed by atoms with Crippen LogP contribution >= 0.6 is 0 Å². The molecule has 1 heterocycles. The van der Waals surface area contributed by atoms with Crippen molar-refractivity contribution in [3.05, 3.63) is 72.1 Å². The first-order valence-corrected chi connectivity index (χ1v) is 9.46. The second kappa shape index (κ2) is 10.2. The highest BCUT2D eigenvalue weighted by molar-refractivity contribution is 6.05. The van der Waals surface area contributed by atoms with Crippen molar-refractivity contribution in [1.29, 1.82) is 0 Å². The third-order valence-corrected chi connectivity index (χ3v) is 4.31. The summed E-state index contributed by atoms with van der Waals surface area (Å²) < 4.78 is 22.1. The molecule has 0 atom stereocenters. The van der Waals surface area contributed by atoms with Crippen molar-refractivity contribution < 1.29 is 23.7 Å². The number of aromatic nitrogens is 1. The van der Waals surface area contributed by atoms with Crippen LogP contribution in [0, 0.1) is 0 Å². The predicted molar refractivity (Wildman–Crippen MR) is 114 cm³/mol. The Morgan fingerprint density at radius 2 is 1.70 bits per heavy atom. The lowest BCUT2D eigenvalue weighted by molar-refractivity contribution is 0.102. The van der Waals surface area contributed by atoms with E-state index < -0.39 is 0 Å². The van der Waals surface area contributed by atoms with Gasteiger partial charge in [0.2, 0.25) is 0 Å². The van der Waals surface area contributed by atoms with Gasteiger partial charge in [-0.25, -0.2) is 0 Å². The highest BCUT2D eigenvalue weighted by Gasteiger charge is 2.14. The summed E-state index contributed by atoms with van der Waals surface area (Å²) in [6.45, 7) is 2.70. The molecular formula is C23H24N2O5. The number of carbonyl (C=O) groups excluding carboxylic acids is 1. The zero-order valence-corrected chi connectivity index (χ0v) is 17.2. The lowest BCUT2D eigenvalue weighted by atomic mass is 10.1. The fourth-order valence-corrected chi connectivity index (χ4v) is 2.77. The fraction of sp³-hybridized carbons (Fsp3) is 0.217. The van der Waals surface area contributed by atoms with Gasteiger partial charge in [0.15, 0.2) is 11.5 Å². The number of ether oxygens (including phenoxy) is 4. The van der Waals surface area contributed by atoms with E-state index in [1.165, 1.54) is 7.11 Å². The summed E-state index contributed by atoms with van der Waals surface area (Å²) in [5.41, 5.74) is 1.97. The Kier molecular flexibility index (Phi) is 7.10. The molecule has 0 spiro atoms.